The average molecular weight is 486 g/mol. The van der Waals surface area contributed by atoms with E-state index in [1.807, 2.05) is 11.4 Å². The lowest BCUT2D eigenvalue weighted by atomic mass is 9.81. The van der Waals surface area contributed by atoms with Crippen molar-refractivity contribution in [3.05, 3.63) is 0 Å². The van der Waals surface area contributed by atoms with Crippen LogP contribution in [0.25, 0.3) is 0 Å². The van der Waals surface area contributed by atoms with Crippen LogP contribution in [0.3, 0.4) is 0 Å². The van der Waals surface area contributed by atoms with E-state index in [2.05, 4.69) is 16.0 Å². The number of nitriles is 1. The Balaban J connectivity index is 1.59. The summed E-state index contributed by atoms with van der Waals surface area (Å²) in [6.07, 6.45) is -3.59. The molecule has 0 aromatic rings. The van der Waals surface area contributed by atoms with E-state index in [0.717, 1.165) is 0 Å². The van der Waals surface area contributed by atoms with E-state index in [-0.39, 0.29) is 18.2 Å². The van der Waals surface area contributed by atoms with Gasteiger partial charge in [-0.1, -0.05) is 20.8 Å². The SMILES string of the molecule is CC(C)(C)[C@H](NC(=O)C(F)(F)F)C(=O)[C@H]1CC12CNC(C(=O)N[C@H](C#N)C[C@@H]1CCNC1=O)C2. The second-order valence-corrected chi connectivity index (χ2v) is 10.6. The highest BCUT2D eigenvalue weighted by atomic mass is 19.4. The van der Waals surface area contributed by atoms with Gasteiger partial charge >= 0.3 is 12.1 Å². The Kier molecular flexibility index (Phi) is 6.99. The maximum absolute atomic E-state index is 13.1. The van der Waals surface area contributed by atoms with Gasteiger partial charge in [0.15, 0.2) is 5.78 Å². The van der Waals surface area contributed by atoms with Gasteiger partial charge in [-0.05, 0) is 36.5 Å². The number of carbonyl (C=O) groups excluding carboxylic acids is 4. The summed E-state index contributed by atoms with van der Waals surface area (Å²) in [6.45, 7) is 5.61. The molecule has 1 saturated carbocycles. The maximum atomic E-state index is 13.1. The third kappa shape index (κ3) is 5.51. The van der Waals surface area contributed by atoms with Crippen molar-refractivity contribution in [1.82, 2.24) is 21.3 Å². The molecule has 2 unspecified atom stereocenters. The zero-order valence-electron chi connectivity index (χ0n) is 19.3. The van der Waals surface area contributed by atoms with Gasteiger partial charge in [0.25, 0.3) is 0 Å². The number of nitrogens with one attached hydrogen (secondary N) is 4. The lowest BCUT2D eigenvalue weighted by Gasteiger charge is -2.31. The zero-order chi connectivity index (χ0) is 25.5. The lowest BCUT2D eigenvalue weighted by Crippen LogP contribution is -2.53. The molecule has 2 heterocycles. The number of carbonyl (C=O) groups is 4. The number of hydrogen-bond acceptors (Lipinski definition) is 6. The fraction of sp³-hybridized carbons (Fsp3) is 0.773. The van der Waals surface area contributed by atoms with Crippen molar-refractivity contribution >= 4 is 23.5 Å². The molecule has 3 rings (SSSR count). The van der Waals surface area contributed by atoms with E-state index in [0.29, 0.717) is 32.4 Å². The molecule has 3 aliphatic rings. The van der Waals surface area contributed by atoms with E-state index < -0.39 is 58.6 Å². The largest absolute Gasteiger partial charge is 0.471 e. The molecule has 3 amide bonds. The first-order valence-electron chi connectivity index (χ1n) is 11.3. The smallest absolute Gasteiger partial charge is 0.356 e. The van der Waals surface area contributed by atoms with Gasteiger partial charge in [0.05, 0.1) is 18.2 Å². The summed E-state index contributed by atoms with van der Waals surface area (Å²) in [5.41, 5.74) is -1.50. The molecule has 4 N–H and O–H groups in total. The molecule has 0 aromatic heterocycles. The summed E-state index contributed by atoms with van der Waals surface area (Å²) in [6, 6.07) is -0.814. The van der Waals surface area contributed by atoms with Crippen molar-refractivity contribution < 1.29 is 32.3 Å². The molecule has 0 bridgehead atoms. The van der Waals surface area contributed by atoms with Crippen LogP contribution in [0, 0.1) is 34.0 Å². The molecule has 0 radical (unpaired) electrons. The predicted molar refractivity (Wildman–Crippen MR) is 113 cm³/mol. The first-order valence-corrected chi connectivity index (χ1v) is 11.3. The maximum Gasteiger partial charge on any atom is 0.471 e. The molecule has 1 spiro atoms. The van der Waals surface area contributed by atoms with Crippen LogP contribution in [0.2, 0.25) is 0 Å². The van der Waals surface area contributed by atoms with Crippen LogP contribution < -0.4 is 21.3 Å². The van der Waals surface area contributed by atoms with Crippen LogP contribution in [0.1, 0.15) is 46.5 Å². The monoisotopic (exact) mass is 485 g/mol. The van der Waals surface area contributed by atoms with Gasteiger partial charge in [-0.2, -0.15) is 18.4 Å². The number of amides is 3. The van der Waals surface area contributed by atoms with Crippen molar-refractivity contribution in [2.24, 2.45) is 22.7 Å². The van der Waals surface area contributed by atoms with Crippen molar-refractivity contribution in [3.63, 3.8) is 0 Å². The number of rotatable bonds is 7. The number of hydrogen-bond donors (Lipinski definition) is 4. The molecule has 1 aliphatic carbocycles. The fourth-order valence-corrected chi connectivity index (χ4v) is 4.93. The molecule has 9 nitrogen and oxygen atoms in total. The minimum Gasteiger partial charge on any atom is -0.356 e. The summed E-state index contributed by atoms with van der Waals surface area (Å²) in [7, 11) is 0. The number of ketones is 1. The first-order chi connectivity index (χ1) is 15.7. The van der Waals surface area contributed by atoms with Gasteiger partial charge in [-0.25, -0.2) is 0 Å². The molecule has 34 heavy (non-hydrogen) atoms. The fourth-order valence-electron chi connectivity index (χ4n) is 4.93. The number of nitrogens with zero attached hydrogens (tertiary/aromatic N) is 1. The summed E-state index contributed by atoms with van der Waals surface area (Å²) < 4.78 is 38.3. The van der Waals surface area contributed by atoms with E-state index in [9.17, 15) is 37.6 Å². The van der Waals surface area contributed by atoms with Crippen LogP contribution in [0.15, 0.2) is 0 Å². The summed E-state index contributed by atoms with van der Waals surface area (Å²) in [5, 5.41) is 19.6. The molecule has 2 saturated heterocycles. The zero-order valence-corrected chi connectivity index (χ0v) is 19.3. The highest BCUT2D eigenvalue weighted by molar-refractivity contribution is 5.95. The van der Waals surface area contributed by atoms with Gasteiger partial charge in [0, 0.05) is 24.9 Å². The second kappa shape index (κ2) is 9.17. The predicted octanol–water partition coefficient (Wildman–Crippen LogP) is 0.551. The second-order valence-electron chi connectivity index (χ2n) is 10.6. The number of alkyl halides is 3. The Labute approximate surface area is 195 Å². The quantitative estimate of drug-likeness (QED) is 0.415. The molecular formula is C22H30F3N5O4. The van der Waals surface area contributed by atoms with E-state index in [1.165, 1.54) is 0 Å². The van der Waals surface area contributed by atoms with Crippen molar-refractivity contribution in [2.75, 3.05) is 13.1 Å². The van der Waals surface area contributed by atoms with Crippen molar-refractivity contribution in [1.29, 1.82) is 5.26 Å². The average Bonchev–Trinajstić information content (AvgIpc) is 3.02. The Morgan fingerprint density at radius 2 is 1.88 bits per heavy atom. The summed E-state index contributed by atoms with van der Waals surface area (Å²) >= 11 is 0. The summed E-state index contributed by atoms with van der Waals surface area (Å²) in [5.74, 6) is -4.11. The van der Waals surface area contributed by atoms with E-state index in [4.69, 9.17) is 0 Å². The van der Waals surface area contributed by atoms with Gasteiger partial charge < -0.3 is 21.3 Å². The highest BCUT2D eigenvalue weighted by Gasteiger charge is 2.63. The van der Waals surface area contributed by atoms with Crippen LogP contribution in [0.4, 0.5) is 13.2 Å². The molecule has 3 fully saturated rings. The van der Waals surface area contributed by atoms with Crippen LogP contribution in [0.5, 0.6) is 0 Å². The standard InChI is InChI=1S/C22H30F3N5O4/c1-20(2,3)16(30-19(34)22(23,24)25)15(31)13-7-21(13)8-14(28-10-21)18(33)29-12(9-26)6-11-4-5-27-17(11)32/h11-14,16,28H,4-8,10H2,1-3H3,(H,27,32)(H,29,33)(H,30,34)/t11-,12-,13+,14?,16+,21?/m0/s1. The van der Waals surface area contributed by atoms with Crippen LogP contribution in [-0.2, 0) is 19.2 Å². The molecule has 2 aliphatic heterocycles. The molecule has 6 atom stereocenters. The number of Topliss-reactive ketones (excluding diaryl/α,β-unsaturated/α-hetero) is 1. The number of halogens is 3. The van der Waals surface area contributed by atoms with Gasteiger partial charge in [0.1, 0.15) is 6.04 Å². The third-order valence-electron chi connectivity index (χ3n) is 7.00. The topological polar surface area (TPSA) is 140 Å². The van der Waals surface area contributed by atoms with Crippen molar-refractivity contribution in [2.45, 2.75) is 70.8 Å². The molecule has 0 aromatic carbocycles. The first kappa shape index (κ1) is 25.9. The van der Waals surface area contributed by atoms with Crippen molar-refractivity contribution in [3.8, 4) is 6.07 Å². The lowest BCUT2D eigenvalue weighted by molar-refractivity contribution is -0.175. The minimum atomic E-state index is -5.10. The molecular weight excluding hydrogens is 455 g/mol. The summed E-state index contributed by atoms with van der Waals surface area (Å²) in [4.78, 5) is 49.1. The van der Waals surface area contributed by atoms with Gasteiger partial charge in [0.2, 0.25) is 11.8 Å². The Bertz CT molecular complexity index is 910. The Hall–Kier alpha value is -2.68. The highest BCUT2D eigenvalue weighted by Crippen LogP contribution is 2.59. The Morgan fingerprint density at radius 3 is 2.41 bits per heavy atom. The minimum absolute atomic E-state index is 0.141. The Morgan fingerprint density at radius 1 is 1.21 bits per heavy atom. The van der Waals surface area contributed by atoms with Crippen LogP contribution >= 0.6 is 0 Å². The van der Waals surface area contributed by atoms with Crippen LogP contribution in [-0.4, -0.2) is 60.9 Å². The van der Waals surface area contributed by atoms with E-state index >= 15 is 0 Å². The van der Waals surface area contributed by atoms with Gasteiger partial charge in [-0.15, -0.1) is 0 Å². The molecule has 12 heteroatoms. The van der Waals surface area contributed by atoms with Gasteiger partial charge in [-0.3, -0.25) is 19.2 Å². The molecule has 188 valence electrons. The third-order valence-corrected chi connectivity index (χ3v) is 7.00. The van der Waals surface area contributed by atoms with E-state index in [1.54, 1.807) is 20.8 Å². The normalized spacial score (nSPS) is 30.3.